The fourth-order valence-corrected chi connectivity index (χ4v) is 4.62. The molecule has 0 radical (unpaired) electrons. The van der Waals surface area contributed by atoms with E-state index in [0.717, 1.165) is 28.9 Å². The molecule has 3 heterocycles. The Morgan fingerprint density at radius 1 is 1.24 bits per heavy atom. The Hall–Kier alpha value is -3.60. The number of nitrogens with zero attached hydrogens (tertiary/aromatic N) is 3. The third-order valence-corrected chi connectivity index (χ3v) is 6.80. The van der Waals surface area contributed by atoms with Crippen molar-refractivity contribution < 1.29 is 27.8 Å². The minimum atomic E-state index is -3.28. The Balaban J connectivity index is 1.45. The van der Waals surface area contributed by atoms with Crippen molar-refractivity contribution in [3.05, 3.63) is 41.3 Å². The van der Waals surface area contributed by atoms with Gasteiger partial charge in [0.25, 0.3) is 11.8 Å². The lowest BCUT2D eigenvalue weighted by atomic mass is 10.1. The minimum Gasteiger partial charge on any atom is -0.493 e. The highest BCUT2D eigenvalue weighted by Crippen LogP contribution is 2.37. The van der Waals surface area contributed by atoms with Gasteiger partial charge in [0.05, 0.1) is 24.2 Å². The maximum atomic E-state index is 14.7. The van der Waals surface area contributed by atoms with Crippen LogP contribution in [0.1, 0.15) is 34.5 Å². The number of hydrogen-bond acceptors (Lipinski definition) is 6. The van der Waals surface area contributed by atoms with Gasteiger partial charge in [-0.15, -0.1) is 0 Å². The lowest BCUT2D eigenvalue weighted by Crippen LogP contribution is -2.46. The first kappa shape index (κ1) is 25.1. The van der Waals surface area contributed by atoms with Crippen LogP contribution < -0.4 is 10.1 Å². The number of carbonyl (C=O) groups is 2. The van der Waals surface area contributed by atoms with Crippen LogP contribution in [0.25, 0.3) is 22.3 Å². The largest absolute Gasteiger partial charge is 0.493 e. The van der Waals surface area contributed by atoms with Crippen LogP contribution in [0.3, 0.4) is 0 Å². The van der Waals surface area contributed by atoms with Gasteiger partial charge in [0, 0.05) is 24.9 Å². The van der Waals surface area contributed by atoms with E-state index in [2.05, 4.69) is 20.3 Å². The topological polar surface area (TPSA) is 109 Å². The number of benzene rings is 1. The number of aromatic nitrogens is 3. The van der Waals surface area contributed by atoms with Crippen molar-refractivity contribution in [1.29, 1.82) is 0 Å². The highest BCUT2D eigenvalue weighted by Gasteiger charge is 2.50. The quantitative estimate of drug-likeness (QED) is 0.479. The lowest BCUT2D eigenvalue weighted by molar-refractivity contribution is -0.135. The first-order valence-corrected chi connectivity index (χ1v) is 12.2. The standard InChI is InChI=1S/C26H29F2N5O4/c1-14-4-7-18(37-10-16-5-6-16)17(8-14)22-24-23(30-13-29-22)21(15(2)31-24)25(35)32-19-9-33(12-26(19,27)28)20(34)11-36-3/h4,7-8,13,16,19,31H,5-6,9-12H2,1-3H3,(H,32,35). The molecule has 196 valence electrons. The number of aromatic amines is 1. The summed E-state index contributed by atoms with van der Waals surface area (Å²) in [7, 11) is 1.32. The molecule has 1 atom stereocenters. The van der Waals surface area contributed by atoms with Crippen molar-refractivity contribution in [2.24, 2.45) is 5.92 Å². The third kappa shape index (κ3) is 5.00. The second-order valence-corrected chi connectivity index (χ2v) is 9.82. The molecule has 9 nitrogen and oxygen atoms in total. The van der Waals surface area contributed by atoms with Crippen LogP contribution in [0.4, 0.5) is 8.78 Å². The van der Waals surface area contributed by atoms with E-state index in [0.29, 0.717) is 40.7 Å². The third-order valence-electron chi connectivity index (χ3n) is 6.80. The molecule has 1 aromatic carbocycles. The Bertz CT molecular complexity index is 1350. The predicted octanol–water partition coefficient (Wildman–Crippen LogP) is 3.25. The zero-order valence-corrected chi connectivity index (χ0v) is 20.9. The summed E-state index contributed by atoms with van der Waals surface area (Å²) in [5.41, 5.74) is 3.79. The van der Waals surface area contributed by atoms with Crippen LogP contribution in [-0.2, 0) is 9.53 Å². The smallest absolute Gasteiger partial charge is 0.286 e. The Labute approximate surface area is 212 Å². The van der Waals surface area contributed by atoms with Crippen LogP contribution in [0.5, 0.6) is 5.75 Å². The molecule has 3 aromatic rings. The number of H-pyrrole nitrogens is 1. The summed E-state index contributed by atoms with van der Waals surface area (Å²) in [6.45, 7) is 2.88. The molecule has 1 unspecified atom stereocenters. The lowest BCUT2D eigenvalue weighted by Gasteiger charge is -2.18. The van der Waals surface area contributed by atoms with Gasteiger partial charge in [-0.3, -0.25) is 9.59 Å². The van der Waals surface area contributed by atoms with E-state index in [1.165, 1.54) is 13.4 Å². The maximum absolute atomic E-state index is 14.7. The number of likely N-dealkylation sites (tertiary alicyclic amines) is 1. The molecule has 2 N–H and O–H groups in total. The van der Waals surface area contributed by atoms with Gasteiger partial charge in [-0.1, -0.05) is 11.6 Å². The second kappa shape index (κ2) is 9.70. The molecule has 1 aliphatic heterocycles. The van der Waals surface area contributed by atoms with Crippen molar-refractivity contribution in [2.75, 3.05) is 33.4 Å². The van der Waals surface area contributed by atoms with Gasteiger partial charge in [-0.2, -0.15) is 0 Å². The number of ether oxygens (including phenoxy) is 2. The fraction of sp³-hybridized carbons (Fsp3) is 0.462. The Morgan fingerprint density at radius 3 is 2.76 bits per heavy atom. The summed E-state index contributed by atoms with van der Waals surface area (Å²) < 4.78 is 40.2. The zero-order chi connectivity index (χ0) is 26.3. The van der Waals surface area contributed by atoms with E-state index in [1.807, 2.05) is 25.1 Å². The normalized spacial score (nSPS) is 18.8. The Morgan fingerprint density at radius 2 is 2.03 bits per heavy atom. The van der Waals surface area contributed by atoms with E-state index in [9.17, 15) is 18.4 Å². The van der Waals surface area contributed by atoms with Crippen molar-refractivity contribution in [1.82, 2.24) is 25.2 Å². The highest BCUT2D eigenvalue weighted by atomic mass is 19.3. The molecular weight excluding hydrogens is 484 g/mol. The number of methoxy groups -OCH3 is 1. The fourth-order valence-electron chi connectivity index (χ4n) is 4.62. The first-order valence-electron chi connectivity index (χ1n) is 12.2. The molecule has 2 aliphatic rings. The molecule has 0 bridgehead atoms. The molecule has 1 saturated heterocycles. The van der Waals surface area contributed by atoms with Gasteiger partial charge in [-0.25, -0.2) is 18.7 Å². The molecule has 2 fully saturated rings. The molecule has 11 heteroatoms. The number of nitrogens with one attached hydrogen (secondary N) is 2. The predicted molar refractivity (Wildman–Crippen MR) is 132 cm³/mol. The van der Waals surface area contributed by atoms with Crippen LogP contribution in [0.2, 0.25) is 0 Å². The van der Waals surface area contributed by atoms with E-state index < -0.39 is 30.3 Å². The first-order chi connectivity index (χ1) is 17.7. The van der Waals surface area contributed by atoms with Crippen molar-refractivity contribution in [2.45, 2.75) is 38.7 Å². The van der Waals surface area contributed by atoms with Gasteiger partial charge >= 0.3 is 0 Å². The molecule has 5 rings (SSSR count). The van der Waals surface area contributed by atoms with Gasteiger partial charge in [0.15, 0.2) is 0 Å². The van der Waals surface area contributed by atoms with Crippen LogP contribution in [0.15, 0.2) is 24.5 Å². The van der Waals surface area contributed by atoms with Crippen molar-refractivity contribution in [3.63, 3.8) is 0 Å². The summed E-state index contributed by atoms with van der Waals surface area (Å²) in [4.78, 5) is 38.3. The summed E-state index contributed by atoms with van der Waals surface area (Å²) >= 11 is 0. The van der Waals surface area contributed by atoms with E-state index in [1.54, 1.807) is 6.92 Å². The molecule has 37 heavy (non-hydrogen) atoms. The molecular formula is C26H29F2N5O4. The summed E-state index contributed by atoms with van der Waals surface area (Å²) in [6, 6.07) is 4.30. The van der Waals surface area contributed by atoms with E-state index in [-0.39, 0.29) is 18.7 Å². The van der Waals surface area contributed by atoms with E-state index >= 15 is 0 Å². The molecule has 2 aromatic heterocycles. The van der Waals surface area contributed by atoms with Crippen LogP contribution in [0, 0.1) is 19.8 Å². The number of rotatable bonds is 8. The highest BCUT2D eigenvalue weighted by molar-refractivity contribution is 6.09. The number of fused-ring (bicyclic) bond motifs is 1. The number of carbonyl (C=O) groups excluding carboxylic acids is 2. The number of hydrogen-bond donors (Lipinski definition) is 2. The second-order valence-electron chi connectivity index (χ2n) is 9.82. The average molecular weight is 514 g/mol. The number of halogens is 2. The summed E-state index contributed by atoms with van der Waals surface area (Å²) in [5, 5.41) is 2.42. The number of amides is 2. The maximum Gasteiger partial charge on any atom is 0.286 e. The monoisotopic (exact) mass is 513 g/mol. The molecule has 1 saturated carbocycles. The molecule has 1 aliphatic carbocycles. The van der Waals surface area contributed by atoms with Gasteiger partial charge in [0.1, 0.15) is 35.9 Å². The summed E-state index contributed by atoms with van der Waals surface area (Å²) in [6.07, 6.45) is 3.67. The zero-order valence-electron chi connectivity index (χ0n) is 20.9. The van der Waals surface area contributed by atoms with Gasteiger partial charge in [-0.05, 0) is 44.7 Å². The van der Waals surface area contributed by atoms with Gasteiger partial charge in [0.2, 0.25) is 5.91 Å². The van der Waals surface area contributed by atoms with Crippen LogP contribution in [-0.4, -0.2) is 77.0 Å². The number of aryl methyl sites for hydroxylation is 2. The summed E-state index contributed by atoms with van der Waals surface area (Å²) in [5.74, 6) is -3.29. The number of alkyl halides is 2. The average Bonchev–Trinajstić information content (AvgIpc) is 3.54. The SMILES string of the molecule is COCC(=O)N1CC(NC(=O)c2c(C)[nH]c3c(-c4cc(C)ccc4OCC4CC4)ncnc23)C(F)(F)C1. The minimum absolute atomic E-state index is 0.157. The molecule has 0 spiro atoms. The van der Waals surface area contributed by atoms with Crippen molar-refractivity contribution >= 4 is 22.8 Å². The molecule has 2 amide bonds. The Kier molecular flexibility index (Phi) is 6.57. The van der Waals surface area contributed by atoms with E-state index in [4.69, 9.17) is 9.47 Å². The van der Waals surface area contributed by atoms with Crippen LogP contribution >= 0.6 is 0 Å². The van der Waals surface area contributed by atoms with Gasteiger partial charge < -0.3 is 24.7 Å². The van der Waals surface area contributed by atoms with Crippen molar-refractivity contribution in [3.8, 4) is 17.0 Å².